The predicted octanol–water partition coefficient (Wildman–Crippen LogP) is 1.71. The summed E-state index contributed by atoms with van der Waals surface area (Å²) < 4.78 is 16.2. The average molecular weight is 332 g/mol. The lowest BCUT2D eigenvalue weighted by Crippen LogP contribution is -2.45. The SMILES string of the molecule is COc1ccc(OC)c(CN2CCN(Cc3nnc(C)o3)CC2)c1. The Balaban J connectivity index is 1.55. The first-order valence-corrected chi connectivity index (χ1v) is 8.12. The molecule has 1 aliphatic rings. The van der Waals surface area contributed by atoms with Gasteiger partial charge in [-0.1, -0.05) is 0 Å². The Morgan fingerprint density at radius 2 is 1.71 bits per heavy atom. The van der Waals surface area contributed by atoms with Crippen molar-refractivity contribution in [2.24, 2.45) is 0 Å². The van der Waals surface area contributed by atoms with Gasteiger partial charge in [-0.05, 0) is 18.2 Å². The molecule has 7 heteroatoms. The predicted molar refractivity (Wildman–Crippen MR) is 89.1 cm³/mol. The van der Waals surface area contributed by atoms with Crippen LogP contribution in [0.25, 0.3) is 0 Å². The first-order valence-electron chi connectivity index (χ1n) is 8.12. The highest BCUT2D eigenvalue weighted by atomic mass is 16.5. The third-order valence-electron chi connectivity index (χ3n) is 4.27. The van der Waals surface area contributed by atoms with E-state index in [0.29, 0.717) is 11.8 Å². The molecule has 1 saturated heterocycles. The molecular weight excluding hydrogens is 308 g/mol. The number of hydrogen-bond acceptors (Lipinski definition) is 7. The molecule has 0 radical (unpaired) electrons. The fourth-order valence-electron chi connectivity index (χ4n) is 2.94. The molecule has 2 heterocycles. The summed E-state index contributed by atoms with van der Waals surface area (Å²) in [5, 5.41) is 7.94. The number of hydrogen-bond donors (Lipinski definition) is 0. The normalized spacial score (nSPS) is 16.3. The Hall–Kier alpha value is -2.12. The van der Waals surface area contributed by atoms with Crippen LogP contribution in [0.2, 0.25) is 0 Å². The molecule has 1 aromatic carbocycles. The van der Waals surface area contributed by atoms with Crippen LogP contribution in [-0.4, -0.2) is 60.4 Å². The van der Waals surface area contributed by atoms with Crippen LogP contribution < -0.4 is 9.47 Å². The zero-order valence-electron chi connectivity index (χ0n) is 14.5. The third-order valence-corrected chi connectivity index (χ3v) is 4.27. The van der Waals surface area contributed by atoms with Gasteiger partial charge in [-0.2, -0.15) is 0 Å². The van der Waals surface area contributed by atoms with E-state index in [4.69, 9.17) is 13.9 Å². The van der Waals surface area contributed by atoms with Crippen LogP contribution in [0.4, 0.5) is 0 Å². The topological polar surface area (TPSA) is 63.9 Å². The zero-order chi connectivity index (χ0) is 16.9. The lowest BCUT2D eigenvalue weighted by Gasteiger charge is -2.34. The minimum absolute atomic E-state index is 0.619. The van der Waals surface area contributed by atoms with Crippen LogP contribution >= 0.6 is 0 Å². The van der Waals surface area contributed by atoms with Crippen molar-refractivity contribution >= 4 is 0 Å². The monoisotopic (exact) mass is 332 g/mol. The summed E-state index contributed by atoms with van der Waals surface area (Å²) in [4.78, 5) is 4.76. The number of nitrogens with zero attached hydrogens (tertiary/aromatic N) is 4. The second kappa shape index (κ2) is 7.63. The molecule has 1 aliphatic heterocycles. The van der Waals surface area contributed by atoms with Crippen molar-refractivity contribution in [3.05, 3.63) is 35.5 Å². The molecule has 0 N–H and O–H groups in total. The van der Waals surface area contributed by atoms with Gasteiger partial charge in [-0.25, -0.2) is 0 Å². The first kappa shape index (κ1) is 16.7. The van der Waals surface area contributed by atoms with Crippen molar-refractivity contribution in [2.45, 2.75) is 20.0 Å². The quantitative estimate of drug-likeness (QED) is 0.798. The van der Waals surface area contributed by atoms with E-state index in [1.807, 2.05) is 25.1 Å². The molecule has 0 amide bonds. The lowest BCUT2D eigenvalue weighted by molar-refractivity contribution is 0.113. The van der Waals surface area contributed by atoms with Crippen molar-refractivity contribution < 1.29 is 13.9 Å². The van der Waals surface area contributed by atoms with Crippen molar-refractivity contribution in [3.63, 3.8) is 0 Å². The zero-order valence-corrected chi connectivity index (χ0v) is 14.5. The highest BCUT2D eigenvalue weighted by molar-refractivity contribution is 5.40. The summed E-state index contributed by atoms with van der Waals surface area (Å²) in [6, 6.07) is 5.93. The highest BCUT2D eigenvalue weighted by Gasteiger charge is 2.20. The van der Waals surface area contributed by atoms with Gasteiger partial charge in [0.2, 0.25) is 11.8 Å². The summed E-state index contributed by atoms with van der Waals surface area (Å²) in [7, 11) is 3.39. The third kappa shape index (κ3) is 4.04. The smallest absolute Gasteiger partial charge is 0.230 e. The van der Waals surface area contributed by atoms with Crippen LogP contribution in [0.3, 0.4) is 0 Å². The number of aromatic nitrogens is 2. The Kier molecular flexibility index (Phi) is 5.32. The second-order valence-corrected chi connectivity index (χ2v) is 5.94. The van der Waals surface area contributed by atoms with Gasteiger partial charge in [-0.3, -0.25) is 9.80 Å². The number of aryl methyl sites for hydroxylation is 1. The number of ether oxygens (including phenoxy) is 2. The van der Waals surface area contributed by atoms with Crippen molar-refractivity contribution in [1.29, 1.82) is 0 Å². The molecule has 0 spiro atoms. The van der Waals surface area contributed by atoms with Gasteiger partial charge < -0.3 is 13.9 Å². The average Bonchev–Trinajstić information content (AvgIpc) is 3.01. The van der Waals surface area contributed by atoms with E-state index in [9.17, 15) is 0 Å². The van der Waals surface area contributed by atoms with Crippen LogP contribution in [0.5, 0.6) is 11.5 Å². The summed E-state index contributed by atoms with van der Waals surface area (Å²) >= 11 is 0. The van der Waals surface area contributed by atoms with E-state index in [1.54, 1.807) is 14.2 Å². The maximum Gasteiger partial charge on any atom is 0.230 e. The van der Waals surface area contributed by atoms with Crippen molar-refractivity contribution in [2.75, 3.05) is 40.4 Å². The van der Waals surface area contributed by atoms with E-state index in [-0.39, 0.29) is 0 Å². The van der Waals surface area contributed by atoms with Crippen LogP contribution in [-0.2, 0) is 13.1 Å². The number of methoxy groups -OCH3 is 2. The maximum absolute atomic E-state index is 5.47. The minimum atomic E-state index is 0.619. The lowest BCUT2D eigenvalue weighted by atomic mass is 10.1. The molecule has 0 saturated carbocycles. The van der Waals surface area contributed by atoms with E-state index >= 15 is 0 Å². The molecule has 3 rings (SSSR count). The molecule has 1 aromatic heterocycles. The molecule has 0 atom stereocenters. The van der Waals surface area contributed by atoms with Crippen LogP contribution in [0.15, 0.2) is 22.6 Å². The fraction of sp³-hybridized carbons (Fsp3) is 0.529. The molecule has 0 bridgehead atoms. The molecule has 130 valence electrons. The van der Waals surface area contributed by atoms with Gasteiger partial charge in [0.05, 0.1) is 20.8 Å². The molecule has 2 aromatic rings. The highest BCUT2D eigenvalue weighted by Crippen LogP contribution is 2.25. The van der Waals surface area contributed by atoms with E-state index in [0.717, 1.165) is 56.3 Å². The molecule has 0 unspecified atom stereocenters. The summed E-state index contributed by atoms with van der Waals surface area (Å²) in [6.07, 6.45) is 0. The number of benzene rings is 1. The van der Waals surface area contributed by atoms with Gasteiger partial charge in [-0.15, -0.1) is 10.2 Å². The Labute approximate surface area is 142 Å². The first-order chi connectivity index (χ1) is 11.7. The van der Waals surface area contributed by atoms with Crippen molar-refractivity contribution in [1.82, 2.24) is 20.0 Å². The minimum Gasteiger partial charge on any atom is -0.497 e. The molecular formula is C17H24N4O3. The van der Waals surface area contributed by atoms with Gasteiger partial charge in [0.15, 0.2) is 0 Å². The van der Waals surface area contributed by atoms with Gasteiger partial charge in [0.25, 0.3) is 0 Å². The maximum atomic E-state index is 5.47. The summed E-state index contributed by atoms with van der Waals surface area (Å²) in [5.41, 5.74) is 1.15. The van der Waals surface area contributed by atoms with Gasteiger partial charge in [0, 0.05) is 45.2 Å². The number of piperazine rings is 1. The van der Waals surface area contributed by atoms with E-state index in [1.165, 1.54) is 0 Å². The molecule has 0 aliphatic carbocycles. The standard InChI is InChI=1S/C17H24N4O3/c1-13-18-19-17(24-13)12-21-8-6-20(7-9-21)11-14-10-15(22-2)4-5-16(14)23-3/h4-5,10H,6-9,11-12H2,1-3H3. The van der Waals surface area contributed by atoms with Gasteiger partial charge in [0.1, 0.15) is 11.5 Å². The van der Waals surface area contributed by atoms with E-state index in [2.05, 4.69) is 20.0 Å². The molecule has 24 heavy (non-hydrogen) atoms. The number of rotatable bonds is 6. The Bertz CT molecular complexity index is 666. The Morgan fingerprint density at radius 3 is 2.29 bits per heavy atom. The second-order valence-electron chi connectivity index (χ2n) is 5.94. The summed E-state index contributed by atoms with van der Waals surface area (Å²) in [5.74, 6) is 3.07. The fourth-order valence-corrected chi connectivity index (χ4v) is 2.94. The molecule has 1 fully saturated rings. The van der Waals surface area contributed by atoms with Crippen LogP contribution in [0.1, 0.15) is 17.3 Å². The van der Waals surface area contributed by atoms with Crippen LogP contribution in [0, 0.1) is 6.92 Å². The van der Waals surface area contributed by atoms with Gasteiger partial charge >= 0.3 is 0 Å². The summed E-state index contributed by atoms with van der Waals surface area (Å²) in [6.45, 7) is 7.34. The largest absolute Gasteiger partial charge is 0.497 e. The molecule has 7 nitrogen and oxygen atoms in total. The van der Waals surface area contributed by atoms with E-state index < -0.39 is 0 Å². The van der Waals surface area contributed by atoms with Crippen molar-refractivity contribution in [3.8, 4) is 11.5 Å². The Morgan fingerprint density at radius 1 is 1.00 bits per heavy atom.